The molecule has 2 aromatic rings. The van der Waals surface area contributed by atoms with Gasteiger partial charge in [-0.1, -0.05) is 19.8 Å². The number of hydrogen-bond acceptors (Lipinski definition) is 5. The highest BCUT2D eigenvalue weighted by molar-refractivity contribution is 6.00. The number of fused-ring (bicyclic) bond motifs is 1. The van der Waals surface area contributed by atoms with E-state index in [-0.39, 0.29) is 17.5 Å². The van der Waals surface area contributed by atoms with E-state index in [1.54, 1.807) is 6.07 Å². The van der Waals surface area contributed by atoms with Crippen LogP contribution in [0.5, 0.6) is 11.5 Å². The lowest BCUT2D eigenvalue weighted by Crippen LogP contribution is -2.19. The van der Waals surface area contributed by atoms with Gasteiger partial charge in [0, 0.05) is 16.5 Å². The van der Waals surface area contributed by atoms with Crippen molar-refractivity contribution in [2.75, 3.05) is 6.61 Å². The molecule has 0 bridgehead atoms. The molecule has 1 aliphatic rings. The van der Waals surface area contributed by atoms with E-state index in [9.17, 15) is 9.90 Å². The van der Waals surface area contributed by atoms with Gasteiger partial charge in [-0.05, 0) is 57.2 Å². The zero-order valence-electron chi connectivity index (χ0n) is 15.6. The molecule has 3 rings (SSSR count). The first-order valence-corrected chi connectivity index (χ1v) is 9.57. The molecule has 26 heavy (non-hydrogen) atoms. The minimum Gasteiger partial charge on any atom is -0.505 e. The molecular formula is C21H27NO4. The lowest BCUT2D eigenvalue weighted by molar-refractivity contribution is 0.0489. The Morgan fingerprint density at radius 3 is 2.73 bits per heavy atom. The van der Waals surface area contributed by atoms with Crippen LogP contribution in [0.15, 0.2) is 18.2 Å². The highest BCUT2D eigenvalue weighted by Gasteiger charge is 2.20. The molecule has 5 nitrogen and oxygen atoms in total. The smallest absolute Gasteiger partial charge is 0.360 e. The predicted octanol–water partition coefficient (Wildman–Crippen LogP) is 4.92. The molecule has 5 heteroatoms. The van der Waals surface area contributed by atoms with Gasteiger partial charge in [-0.3, -0.25) is 0 Å². The number of unbranched alkanes of at least 4 members (excludes halogenated alkanes) is 1. The molecule has 1 aromatic carbocycles. The van der Waals surface area contributed by atoms with E-state index < -0.39 is 5.97 Å². The molecule has 1 saturated carbocycles. The molecule has 0 radical (unpaired) electrons. The number of hydrogen-bond donors (Lipinski definition) is 1. The summed E-state index contributed by atoms with van der Waals surface area (Å²) in [5, 5.41) is 11.9. The van der Waals surface area contributed by atoms with Crippen molar-refractivity contribution in [1.29, 1.82) is 0 Å². The second kappa shape index (κ2) is 8.39. The maximum absolute atomic E-state index is 12.2. The van der Waals surface area contributed by atoms with E-state index in [0.29, 0.717) is 17.7 Å². The van der Waals surface area contributed by atoms with Crippen LogP contribution < -0.4 is 4.74 Å². The molecular weight excluding hydrogens is 330 g/mol. The van der Waals surface area contributed by atoms with Crippen LogP contribution in [-0.2, 0) is 4.74 Å². The number of benzene rings is 1. The topological polar surface area (TPSA) is 68.7 Å². The van der Waals surface area contributed by atoms with Crippen LogP contribution in [0.1, 0.15) is 68.1 Å². The Kier molecular flexibility index (Phi) is 5.96. The summed E-state index contributed by atoms with van der Waals surface area (Å²) >= 11 is 0. The number of pyridine rings is 1. The van der Waals surface area contributed by atoms with Crippen LogP contribution in [0.25, 0.3) is 10.8 Å². The second-order valence-electron chi connectivity index (χ2n) is 6.97. The van der Waals surface area contributed by atoms with Crippen molar-refractivity contribution in [3.8, 4) is 11.5 Å². The van der Waals surface area contributed by atoms with Gasteiger partial charge in [0.05, 0.1) is 12.7 Å². The summed E-state index contributed by atoms with van der Waals surface area (Å²) in [4.78, 5) is 16.5. The van der Waals surface area contributed by atoms with Gasteiger partial charge >= 0.3 is 5.97 Å². The Morgan fingerprint density at radius 2 is 2.00 bits per heavy atom. The third-order valence-corrected chi connectivity index (χ3v) is 4.92. The average Bonchev–Trinajstić information content (AvgIpc) is 2.65. The molecule has 0 unspecified atom stereocenters. The van der Waals surface area contributed by atoms with Gasteiger partial charge < -0.3 is 14.6 Å². The van der Waals surface area contributed by atoms with Crippen LogP contribution >= 0.6 is 0 Å². The fraction of sp³-hybridized carbons (Fsp3) is 0.524. The summed E-state index contributed by atoms with van der Waals surface area (Å²) < 4.78 is 11.3. The van der Waals surface area contributed by atoms with Gasteiger partial charge in [-0.2, -0.15) is 0 Å². The molecule has 0 spiro atoms. The molecule has 0 atom stereocenters. The number of aryl methyl sites for hydroxylation is 1. The third-order valence-electron chi connectivity index (χ3n) is 4.92. The summed E-state index contributed by atoms with van der Waals surface area (Å²) in [5.74, 6) is 0.0757. The lowest BCUT2D eigenvalue weighted by Gasteiger charge is -2.23. The number of aromatic hydroxyl groups is 1. The first-order valence-electron chi connectivity index (χ1n) is 9.57. The first-order chi connectivity index (χ1) is 12.6. The van der Waals surface area contributed by atoms with Crippen LogP contribution in [0, 0.1) is 6.92 Å². The summed E-state index contributed by atoms with van der Waals surface area (Å²) in [6.07, 6.45) is 7.87. The fourth-order valence-corrected chi connectivity index (χ4v) is 3.41. The van der Waals surface area contributed by atoms with Gasteiger partial charge in [0.2, 0.25) is 0 Å². The quantitative estimate of drug-likeness (QED) is 0.587. The van der Waals surface area contributed by atoms with Crippen LogP contribution in [0.3, 0.4) is 0 Å². The van der Waals surface area contributed by atoms with Crippen molar-refractivity contribution in [2.45, 2.75) is 64.9 Å². The lowest BCUT2D eigenvalue weighted by atomic mass is 9.98. The van der Waals surface area contributed by atoms with Crippen LogP contribution in [-0.4, -0.2) is 28.8 Å². The summed E-state index contributed by atoms with van der Waals surface area (Å²) in [6, 6.07) is 5.54. The van der Waals surface area contributed by atoms with E-state index >= 15 is 0 Å². The largest absolute Gasteiger partial charge is 0.505 e. The van der Waals surface area contributed by atoms with E-state index in [1.807, 2.05) is 26.0 Å². The van der Waals surface area contributed by atoms with E-state index in [2.05, 4.69) is 4.98 Å². The van der Waals surface area contributed by atoms with Gasteiger partial charge in [0.1, 0.15) is 5.75 Å². The Morgan fingerprint density at radius 1 is 1.23 bits per heavy atom. The Balaban J connectivity index is 1.85. The minimum absolute atomic E-state index is 0.0212. The molecule has 0 aliphatic heterocycles. The molecule has 1 aliphatic carbocycles. The van der Waals surface area contributed by atoms with Crippen molar-refractivity contribution < 1.29 is 19.4 Å². The van der Waals surface area contributed by atoms with E-state index in [0.717, 1.165) is 36.8 Å². The third kappa shape index (κ3) is 4.09. The van der Waals surface area contributed by atoms with Gasteiger partial charge in [0.15, 0.2) is 11.4 Å². The molecule has 1 heterocycles. The Labute approximate surface area is 154 Å². The molecule has 140 valence electrons. The average molecular weight is 357 g/mol. The van der Waals surface area contributed by atoms with Crippen LogP contribution in [0.4, 0.5) is 0 Å². The number of ether oxygens (including phenoxy) is 2. The number of rotatable bonds is 6. The van der Waals surface area contributed by atoms with Gasteiger partial charge in [0.25, 0.3) is 0 Å². The Bertz CT molecular complexity index is 781. The van der Waals surface area contributed by atoms with Crippen LogP contribution in [0.2, 0.25) is 0 Å². The van der Waals surface area contributed by atoms with Crippen molar-refractivity contribution >= 4 is 16.7 Å². The van der Waals surface area contributed by atoms with Crippen molar-refractivity contribution in [3.63, 3.8) is 0 Å². The molecule has 1 N–H and O–H groups in total. The molecule has 0 amide bonds. The monoisotopic (exact) mass is 357 g/mol. The Hall–Kier alpha value is -2.30. The summed E-state index contributed by atoms with van der Waals surface area (Å²) in [6.45, 7) is 4.19. The van der Waals surface area contributed by atoms with Crippen molar-refractivity contribution in [3.05, 3.63) is 29.6 Å². The summed E-state index contributed by atoms with van der Waals surface area (Å²) in [5.41, 5.74) is 0.654. The number of carbonyl (C=O) groups excluding carboxylic acids is 1. The van der Waals surface area contributed by atoms with Gasteiger partial charge in [-0.25, -0.2) is 9.78 Å². The number of nitrogens with zero attached hydrogens (tertiary/aromatic N) is 1. The highest BCUT2D eigenvalue weighted by Crippen LogP contribution is 2.33. The SMILES string of the molecule is CCCCOC(=O)c1nc(C)c2cc(OC3CCCCC3)ccc2c1O. The first kappa shape index (κ1) is 18.5. The number of carbonyl (C=O) groups is 1. The normalized spacial score (nSPS) is 15.2. The molecule has 1 fully saturated rings. The fourth-order valence-electron chi connectivity index (χ4n) is 3.41. The number of esters is 1. The highest BCUT2D eigenvalue weighted by atomic mass is 16.5. The standard InChI is InChI=1S/C21H27NO4/c1-3-4-12-25-21(24)19-20(23)17-11-10-16(13-18(17)14(2)22-19)26-15-8-6-5-7-9-15/h10-11,13,15,23H,3-9,12H2,1-2H3. The van der Waals surface area contributed by atoms with E-state index in [4.69, 9.17) is 9.47 Å². The number of aromatic nitrogens is 1. The molecule has 1 aromatic heterocycles. The van der Waals surface area contributed by atoms with Crippen molar-refractivity contribution in [2.24, 2.45) is 0 Å². The predicted molar refractivity (Wildman–Crippen MR) is 101 cm³/mol. The maximum Gasteiger partial charge on any atom is 0.360 e. The zero-order chi connectivity index (χ0) is 18.5. The second-order valence-corrected chi connectivity index (χ2v) is 6.97. The van der Waals surface area contributed by atoms with E-state index in [1.165, 1.54) is 19.3 Å². The maximum atomic E-state index is 12.2. The summed E-state index contributed by atoms with van der Waals surface area (Å²) in [7, 11) is 0. The minimum atomic E-state index is -0.580. The van der Waals surface area contributed by atoms with Crippen molar-refractivity contribution in [1.82, 2.24) is 4.98 Å². The zero-order valence-corrected chi connectivity index (χ0v) is 15.6. The van der Waals surface area contributed by atoms with Gasteiger partial charge in [-0.15, -0.1) is 0 Å². The molecule has 0 saturated heterocycles.